The predicted molar refractivity (Wildman–Crippen MR) is 75.3 cm³/mol. The molecule has 0 aliphatic heterocycles. The van der Waals surface area contributed by atoms with E-state index in [2.05, 4.69) is 5.10 Å². The summed E-state index contributed by atoms with van der Waals surface area (Å²) in [4.78, 5) is 0.310. The molecular formula is C12H14ClN3O2S. The minimum absolute atomic E-state index is 0.146. The lowest BCUT2D eigenvalue weighted by Gasteiger charge is -2.05. The zero-order valence-electron chi connectivity index (χ0n) is 10.4. The summed E-state index contributed by atoms with van der Waals surface area (Å²) in [5.74, 6) is 0.386. The third-order valence-corrected chi connectivity index (χ3v) is 4.86. The number of hydrogen-bond donors (Lipinski definition) is 1. The number of benzene rings is 1. The fourth-order valence-electron chi connectivity index (χ4n) is 1.69. The van der Waals surface area contributed by atoms with Crippen molar-refractivity contribution in [3.63, 3.8) is 0 Å². The van der Waals surface area contributed by atoms with E-state index in [4.69, 9.17) is 17.3 Å². The maximum absolute atomic E-state index is 11.9. The van der Waals surface area contributed by atoms with E-state index in [0.29, 0.717) is 22.0 Å². The minimum atomic E-state index is -3.19. The Morgan fingerprint density at radius 2 is 1.95 bits per heavy atom. The molecule has 1 aromatic carbocycles. The van der Waals surface area contributed by atoms with Crippen LogP contribution in [0.25, 0.3) is 5.69 Å². The number of halogens is 1. The first-order valence-corrected chi connectivity index (χ1v) is 7.81. The van der Waals surface area contributed by atoms with Crippen LogP contribution in [-0.4, -0.2) is 24.0 Å². The van der Waals surface area contributed by atoms with Gasteiger partial charge in [-0.05, 0) is 30.7 Å². The average molecular weight is 300 g/mol. The SMILES string of the molecule is CCCS(=O)(=O)c1ccc(-n2cc(Cl)c(N)n2)cc1. The molecule has 1 aromatic heterocycles. The summed E-state index contributed by atoms with van der Waals surface area (Å²) in [5.41, 5.74) is 6.26. The maximum Gasteiger partial charge on any atom is 0.178 e. The van der Waals surface area contributed by atoms with Crippen LogP contribution in [0.5, 0.6) is 0 Å². The van der Waals surface area contributed by atoms with Gasteiger partial charge >= 0.3 is 0 Å². The van der Waals surface area contributed by atoms with Crippen molar-refractivity contribution < 1.29 is 8.42 Å². The van der Waals surface area contributed by atoms with E-state index >= 15 is 0 Å². The summed E-state index contributed by atoms with van der Waals surface area (Å²) < 4.78 is 25.3. The maximum atomic E-state index is 11.9. The van der Waals surface area contributed by atoms with Crippen LogP contribution in [-0.2, 0) is 9.84 Å². The molecule has 0 radical (unpaired) electrons. The molecule has 0 aliphatic rings. The molecule has 0 amide bonds. The van der Waals surface area contributed by atoms with E-state index in [9.17, 15) is 8.42 Å². The van der Waals surface area contributed by atoms with Crippen molar-refractivity contribution in [1.82, 2.24) is 9.78 Å². The molecule has 0 atom stereocenters. The summed E-state index contributed by atoms with van der Waals surface area (Å²) in [6, 6.07) is 6.47. The Kier molecular flexibility index (Phi) is 3.82. The fraction of sp³-hybridized carbons (Fsp3) is 0.250. The van der Waals surface area contributed by atoms with Crippen molar-refractivity contribution in [3.05, 3.63) is 35.5 Å². The van der Waals surface area contributed by atoms with Crippen LogP contribution in [0.15, 0.2) is 35.4 Å². The van der Waals surface area contributed by atoms with Crippen LogP contribution >= 0.6 is 11.6 Å². The number of nitrogens with two attached hydrogens (primary N) is 1. The average Bonchev–Trinajstić information content (AvgIpc) is 2.70. The van der Waals surface area contributed by atoms with Gasteiger partial charge in [-0.2, -0.15) is 0 Å². The fourth-order valence-corrected chi connectivity index (χ4v) is 3.15. The lowest BCUT2D eigenvalue weighted by atomic mass is 10.3. The van der Waals surface area contributed by atoms with Crippen LogP contribution in [0.1, 0.15) is 13.3 Å². The summed E-state index contributed by atoms with van der Waals surface area (Å²) in [6.45, 7) is 1.83. The number of hydrogen-bond acceptors (Lipinski definition) is 4. The number of rotatable bonds is 4. The van der Waals surface area contributed by atoms with Crippen LogP contribution in [0, 0.1) is 0 Å². The van der Waals surface area contributed by atoms with Crippen molar-refractivity contribution in [2.45, 2.75) is 18.2 Å². The number of nitrogens with zero attached hydrogens (tertiary/aromatic N) is 2. The van der Waals surface area contributed by atoms with Gasteiger partial charge in [0.05, 0.1) is 22.5 Å². The van der Waals surface area contributed by atoms with Crippen molar-refractivity contribution in [3.8, 4) is 5.69 Å². The van der Waals surface area contributed by atoms with Crippen LogP contribution in [0.4, 0.5) is 5.82 Å². The molecule has 2 aromatic rings. The van der Waals surface area contributed by atoms with Gasteiger partial charge in [0.2, 0.25) is 0 Å². The molecule has 7 heteroatoms. The van der Waals surface area contributed by atoms with Gasteiger partial charge in [-0.15, -0.1) is 5.10 Å². The molecule has 0 saturated heterocycles. The Hall–Kier alpha value is -1.53. The molecule has 0 spiro atoms. The summed E-state index contributed by atoms with van der Waals surface area (Å²) in [7, 11) is -3.19. The summed E-state index contributed by atoms with van der Waals surface area (Å²) in [5, 5.41) is 4.39. The molecule has 0 aliphatic carbocycles. The first-order valence-electron chi connectivity index (χ1n) is 5.78. The third-order valence-electron chi connectivity index (χ3n) is 2.63. The largest absolute Gasteiger partial charge is 0.381 e. The highest BCUT2D eigenvalue weighted by molar-refractivity contribution is 7.91. The zero-order chi connectivity index (χ0) is 14.0. The minimum Gasteiger partial charge on any atom is -0.381 e. The van der Waals surface area contributed by atoms with E-state index in [1.807, 2.05) is 6.92 Å². The highest BCUT2D eigenvalue weighted by Gasteiger charge is 2.13. The van der Waals surface area contributed by atoms with Crippen LogP contribution in [0.2, 0.25) is 5.02 Å². The van der Waals surface area contributed by atoms with Crippen molar-refractivity contribution >= 4 is 27.3 Å². The second-order valence-corrected chi connectivity index (χ2v) is 6.64. The second-order valence-electron chi connectivity index (χ2n) is 4.12. The number of nitrogen functional groups attached to an aromatic ring is 1. The summed E-state index contributed by atoms with van der Waals surface area (Å²) >= 11 is 5.82. The molecule has 2 rings (SSSR count). The molecule has 102 valence electrons. The highest BCUT2D eigenvalue weighted by atomic mass is 35.5. The Morgan fingerprint density at radius 3 is 2.42 bits per heavy atom. The van der Waals surface area contributed by atoms with Gasteiger partial charge in [-0.1, -0.05) is 18.5 Å². The number of aromatic nitrogens is 2. The standard InChI is InChI=1S/C12H14ClN3O2S/c1-2-7-19(17,18)10-5-3-9(4-6-10)16-8-11(13)12(14)15-16/h3-6,8H,2,7H2,1H3,(H2,14,15). The zero-order valence-corrected chi connectivity index (χ0v) is 11.9. The van der Waals surface area contributed by atoms with E-state index in [-0.39, 0.29) is 11.6 Å². The Balaban J connectivity index is 2.33. The molecule has 0 saturated carbocycles. The Morgan fingerprint density at radius 1 is 1.32 bits per heavy atom. The number of sulfone groups is 1. The second kappa shape index (κ2) is 5.22. The van der Waals surface area contributed by atoms with Gasteiger partial charge < -0.3 is 5.73 Å². The first-order chi connectivity index (χ1) is 8.94. The van der Waals surface area contributed by atoms with Gasteiger partial charge in [0.1, 0.15) is 5.02 Å². The summed E-state index contributed by atoms with van der Waals surface area (Å²) in [6.07, 6.45) is 2.17. The van der Waals surface area contributed by atoms with Crippen molar-refractivity contribution in [2.75, 3.05) is 11.5 Å². The van der Waals surface area contributed by atoms with Gasteiger partial charge in [-0.25, -0.2) is 13.1 Å². The van der Waals surface area contributed by atoms with E-state index in [1.165, 1.54) is 4.68 Å². The molecule has 19 heavy (non-hydrogen) atoms. The van der Waals surface area contributed by atoms with Gasteiger partial charge in [0.15, 0.2) is 15.7 Å². The van der Waals surface area contributed by atoms with Gasteiger partial charge in [0.25, 0.3) is 0 Å². The van der Waals surface area contributed by atoms with Crippen LogP contribution in [0.3, 0.4) is 0 Å². The van der Waals surface area contributed by atoms with Gasteiger partial charge in [0, 0.05) is 0 Å². The monoisotopic (exact) mass is 299 g/mol. The van der Waals surface area contributed by atoms with E-state index in [0.717, 1.165) is 0 Å². The number of anilines is 1. The Bertz CT molecular complexity index is 658. The molecule has 0 unspecified atom stereocenters. The lowest BCUT2D eigenvalue weighted by molar-refractivity contribution is 0.594. The highest BCUT2D eigenvalue weighted by Crippen LogP contribution is 2.20. The van der Waals surface area contributed by atoms with E-state index < -0.39 is 9.84 Å². The molecular weight excluding hydrogens is 286 g/mol. The predicted octanol–water partition coefficient (Wildman–Crippen LogP) is 2.29. The topological polar surface area (TPSA) is 78.0 Å². The first kappa shape index (κ1) is 13.9. The third kappa shape index (κ3) is 2.90. The van der Waals surface area contributed by atoms with Crippen LogP contribution < -0.4 is 5.73 Å². The van der Waals surface area contributed by atoms with E-state index in [1.54, 1.807) is 30.5 Å². The van der Waals surface area contributed by atoms with Crippen molar-refractivity contribution in [1.29, 1.82) is 0 Å². The lowest BCUT2D eigenvalue weighted by Crippen LogP contribution is -2.06. The smallest absolute Gasteiger partial charge is 0.178 e. The molecule has 5 nitrogen and oxygen atoms in total. The van der Waals surface area contributed by atoms with Gasteiger partial charge in [-0.3, -0.25) is 0 Å². The molecule has 0 fully saturated rings. The Labute approximate surface area is 116 Å². The normalized spacial score (nSPS) is 11.7. The molecule has 1 heterocycles. The quantitative estimate of drug-likeness (QED) is 0.939. The molecule has 2 N–H and O–H groups in total. The molecule has 0 bridgehead atoms. The van der Waals surface area contributed by atoms with Crippen molar-refractivity contribution in [2.24, 2.45) is 0 Å².